The number of carbonyl (C=O) groups is 1. The first kappa shape index (κ1) is 17.8. The van der Waals surface area contributed by atoms with Gasteiger partial charge in [0.25, 0.3) is 15.9 Å². The Morgan fingerprint density at radius 1 is 1.00 bits per heavy atom. The Bertz CT molecular complexity index is 974. The van der Waals surface area contributed by atoms with Gasteiger partial charge < -0.3 is 9.47 Å². The van der Waals surface area contributed by atoms with E-state index in [0.29, 0.717) is 11.5 Å². The van der Waals surface area contributed by atoms with Crippen LogP contribution in [-0.4, -0.2) is 27.0 Å². The van der Waals surface area contributed by atoms with Gasteiger partial charge in [-0.25, -0.2) is 8.42 Å². The van der Waals surface area contributed by atoms with E-state index in [1.54, 1.807) is 36.4 Å². The Hall–Kier alpha value is -2.58. The molecule has 1 amide bonds. The molecular weight excluding hydrogens is 368 g/mol. The van der Waals surface area contributed by atoms with Gasteiger partial charge in [-0.3, -0.25) is 10.2 Å². The van der Waals surface area contributed by atoms with Gasteiger partial charge in [-0.1, -0.05) is 18.2 Å². The summed E-state index contributed by atoms with van der Waals surface area (Å²) in [6.07, 6.45) is 3.09. The number of sulfonamides is 1. The molecule has 0 fully saturated rings. The van der Waals surface area contributed by atoms with Crippen molar-refractivity contribution in [1.82, 2.24) is 10.3 Å². The molecule has 1 aliphatic carbocycles. The predicted molar refractivity (Wildman–Crippen MR) is 97.9 cm³/mol. The highest BCUT2D eigenvalue weighted by atomic mass is 32.2. The van der Waals surface area contributed by atoms with Gasteiger partial charge in [0.15, 0.2) is 11.5 Å². The summed E-state index contributed by atoms with van der Waals surface area (Å²) in [7, 11) is -3.87. The number of amides is 1. The van der Waals surface area contributed by atoms with Crippen molar-refractivity contribution < 1.29 is 22.7 Å². The van der Waals surface area contributed by atoms with Crippen LogP contribution < -0.4 is 19.7 Å². The standard InChI is InChI=1S/C19H20N2O5S/c22-19(18-12-25-16-7-3-4-8-17(16)26-18)20-21-27(23,24)15-10-9-13-5-1-2-6-14(13)11-15/h3-4,7-11,18,21H,1-2,5-6,12H2,(H,20,22)/t18-/m1/s1. The molecule has 8 heteroatoms. The van der Waals surface area contributed by atoms with Crippen molar-refractivity contribution in [2.24, 2.45) is 0 Å². The molecule has 142 valence electrons. The van der Waals surface area contributed by atoms with Gasteiger partial charge in [0.2, 0.25) is 6.10 Å². The first-order valence-corrected chi connectivity index (χ1v) is 10.3. The molecule has 1 atom stereocenters. The van der Waals surface area contributed by atoms with Crippen LogP contribution in [0.15, 0.2) is 47.4 Å². The highest BCUT2D eigenvalue weighted by Gasteiger charge is 2.28. The molecule has 2 aliphatic rings. The number of hydrazine groups is 1. The zero-order chi connectivity index (χ0) is 18.9. The van der Waals surface area contributed by atoms with Crippen molar-refractivity contribution in [1.29, 1.82) is 0 Å². The molecule has 0 saturated carbocycles. The third-order valence-corrected chi connectivity index (χ3v) is 5.99. The summed E-state index contributed by atoms with van der Waals surface area (Å²) in [6, 6.07) is 12.1. The first-order valence-electron chi connectivity index (χ1n) is 8.85. The van der Waals surface area contributed by atoms with Crippen LogP contribution in [0, 0.1) is 0 Å². The van der Waals surface area contributed by atoms with Crippen molar-refractivity contribution in [3.05, 3.63) is 53.6 Å². The van der Waals surface area contributed by atoms with Crippen molar-refractivity contribution in [2.45, 2.75) is 36.7 Å². The second-order valence-electron chi connectivity index (χ2n) is 6.60. The third-order valence-electron chi connectivity index (χ3n) is 4.74. The van der Waals surface area contributed by atoms with E-state index in [-0.39, 0.29) is 11.5 Å². The minimum absolute atomic E-state index is 0.00339. The summed E-state index contributed by atoms with van der Waals surface area (Å²) in [6.45, 7) is 0.00339. The van der Waals surface area contributed by atoms with Crippen LogP contribution in [0.5, 0.6) is 11.5 Å². The number of hydrogen-bond donors (Lipinski definition) is 2. The number of nitrogens with one attached hydrogen (secondary N) is 2. The Balaban J connectivity index is 1.41. The van der Waals surface area contributed by atoms with Crippen molar-refractivity contribution in [3.8, 4) is 11.5 Å². The summed E-state index contributed by atoms with van der Waals surface area (Å²) in [5.74, 6) is 0.378. The van der Waals surface area contributed by atoms with Crippen LogP contribution in [-0.2, 0) is 27.7 Å². The van der Waals surface area contributed by atoms with Crippen molar-refractivity contribution in [2.75, 3.05) is 6.61 Å². The molecule has 0 aromatic heterocycles. The SMILES string of the molecule is O=C(NNS(=O)(=O)c1ccc2c(c1)CCCC2)[C@H]1COc2ccccc2O1. The smallest absolute Gasteiger partial charge is 0.279 e. The summed E-state index contributed by atoms with van der Waals surface area (Å²) >= 11 is 0. The largest absolute Gasteiger partial charge is 0.485 e. The molecule has 2 aromatic rings. The molecule has 2 aromatic carbocycles. The second kappa shape index (κ2) is 7.21. The molecule has 0 radical (unpaired) electrons. The normalized spacial score (nSPS) is 18.4. The lowest BCUT2D eigenvalue weighted by Crippen LogP contribution is -2.50. The van der Waals surface area contributed by atoms with E-state index in [4.69, 9.17) is 9.47 Å². The van der Waals surface area contributed by atoms with Gasteiger partial charge in [0.05, 0.1) is 4.90 Å². The third kappa shape index (κ3) is 3.77. The predicted octanol–water partition coefficient (Wildman–Crippen LogP) is 1.71. The maximum atomic E-state index is 12.5. The number of ether oxygens (including phenoxy) is 2. The lowest BCUT2D eigenvalue weighted by Gasteiger charge is -2.25. The van der Waals surface area contributed by atoms with E-state index < -0.39 is 22.0 Å². The van der Waals surface area contributed by atoms with Crippen molar-refractivity contribution >= 4 is 15.9 Å². The fraction of sp³-hybridized carbons (Fsp3) is 0.316. The fourth-order valence-corrected chi connectivity index (χ4v) is 4.18. The van der Waals surface area contributed by atoms with Gasteiger partial charge in [-0.05, 0) is 61.1 Å². The number of hydrogen-bond acceptors (Lipinski definition) is 5. The molecule has 1 aliphatic heterocycles. The highest BCUT2D eigenvalue weighted by Crippen LogP contribution is 2.30. The lowest BCUT2D eigenvalue weighted by molar-refractivity contribution is -0.130. The molecular formula is C19H20N2O5S. The van der Waals surface area contributed by atoms with Crippen LogP contribution in [0.2, 0.25) is 0 Å². The minimum atomic E-state index is -3.87. The minimum Gasteiger partial charge on any atom is -0.485 e. The number of benzene rings is 2. The van der Waals surface area contributed by atoms with E-state index in [1.165, 1.54) is 5.56 Å². The summed E-state index contributed by atoms with van der Waals surface area (Å²) in [5.41, 5.74) is 4.46. The van der Waals surface area contributed by atoms with Crippen LogP contribution in [0.4, 0.5) is 0 Å². The fourth-order valence-electron chi connectivity index (χ4n) is 3.28. The molecule has 0 bridgehead atoms. The average molecular weight is 388 g/mol. The van der Waals surface area contributed by atoms with Gasteiger partial charge in [0, 0.05) is 0 Å². The van der Waals surface area contributed by atoms with Crippen LogP contribution >= 0.6 is 0 Å². The van der Waals surface area contributed by atoms with Gasteiger partial charge in [-0.2, -0.15) is 0 Å². The van der Waals surface area contributed by atoms with E-state index >= 15 is 0 Å². The van der Waals surface area contributed by atoms with Gasteiger partial charge >= 0.3 is 0 Å². The molecule has 0 spiro atoms. The zero-order valence-corrected chi connectivity index (χ0v) is 15.4. The number of aryl methyl sites for hydroxylation is 2. The second-order valence-corrected chi connectivity index (χ2v) is 8.28. The molecule has 27 heavy (non-hydrogen) atoms. The van der Waals surface area contributed by atoms with Crippen LogP contribution in [0.1, 0.15) is 24.0 Å². The number of carbonyl (C=O) groups excluding carboxylic acids is 1. The summed E-state index contributed by atoms with van der Waals surface area (Å²) in [5, 5.41) is 0. The first-order chi connectivity index (χ1) is 13.0. The molecule has 4 rings (SSSR count). The van der Waals surface area contributed by atoms with Crippen molar-refractivity contribution in [3.63, 3.8) is 0 Å². The van der Waals surface area contributed by atoms with E-state index in [2.05, 4.69) is 10.3 Å². The maximum absolute atomic E-state index is 12.5. The Morgan fingerprint density at radius 3 is 2.56 bits per heavy atom. The summed E-state index contributed by atoms with van der Waals surface area (Å²) in [4.78, 5) is 14.5. The van der Waals surface area contributed by atoms with Crippen LogP contribution in [0.25, 0.3) is 0 Å². The highest BCUT2D eigenvalue weighted by molar-refractivity contribution is 7.89. The molecule has 1 heterocycles. The Morgan fingerprint density at radius 2 is 1.74 bits per heavy atom. The topological polar surface area (TPSA) is 93.7 Å². The quantitative estimate of drug-likeness (QED) is 0.778. The number of rotatable bonds is 4. The number of para-hydroxylation sites is 2. The number of fused-ring (bicyclic) bond motifs is 2. The Kier molecular flexibility index (Phi) is 4.75. The maximum Gasteiger partial charge on any atom is 0.279 e. The molecule has 2 N–H and O–H groups in total. The van der Waals surface area contributed by atoms with Gasteiger partial charge in [0.1, 0.15) is 6.61 Å². The zero-order valence-electron chi connectivity index (χ0n) is 14.6. The van der Waals surface area contributed by atoms with E-state index in [9.17, 15) is 13.2 Å². The van der Waals surface area contributed by atoms with Gasteiger partial charge in [-0.15, -0.1) is 4.83 Å². The molecule has 0 saturated heterocycles. The molecule has 0 unspecified atom stereocenters. The monoisotopic (exact) mass is 388 g/mol. The van der Waals surface area contributed by atoms with E-state index in [0.717, 1.165) is 31.2 Å². The Labute approximate surface area is 157 Å². The summed E-state index contributed by atoms with van der Waals surface area (Å²) < 4.78 is 36.1. The average Bonchev–Trinajstić information content (AvgIpc) is 2.71. The van der Waals surface area contributed by atoms with E-state index in [1.807, 2.05) is 6.07 Å². The molecule has 7 nitrogen and oxygen atoms in total. The van der Waals surface area contributed by atoms with Crippen LogP contribution in [0.3, 0.4) is 0 Å². The lowest BCUT2D eigenvalue weighted by atomic mass is 9.92.